The molecule has 5 aromatic heterocycles. The maximum Gasteiger partial charge on any atom is 0.147 e. The molecule has 0 N–H and O–H groups in total. The molecule has 5 heteroatoms. The van der Waals surface area contributed by atoms with Gasteiger partial charge >= 0.3 is 0 Å². The molecule has 31 heavy (non-hydrogen) atoms. The van der Waals surface area contributed by atoms with Crippen LogP contribution in [0.3, 0.4) is 0 Å². The molecular weight excluding hydrogens is 386 g/mol. The van der Waals surface area contributed by atoms with Gasteiger partial charge in [0.2, 0.25) is 0 Å². The van der Waals surface area contributed by atoms with Gasteiger partial charge in [-0.05, 0) is 41.8 Å². The van der Waals surface area contributed by atoms with E-state index < -0.39 is 0 Å². The van der Waals surface area contributed by atoms with E-state index in [1.54, 1.807) is 0 Å². The first-order valence-corrected chi connectivity index (χ1v) is 10.2. The van der Waals surface area contributed by atoms with Crippen molar-refractivity contribution in [1.82, 2.24) is 14.4 Å². The van der Waals surface area contributed by atoms with Crippen LogP contribution in [0.4, 0.5) is 0 Å². The summed E-state index contributed by atoms with van der Waals surface area (Å²) in [6.45, 7) is 0. The zero-order chi connectivity index (χ0) is 20.1. The number of fused-ring (bicyclic) bond motifs is 14. The lowest BCUT2D eigenvalue weighted by atomic mass is 10.0. The second-order valence-corrected chi connectivity index (χ2v) is 7.89. The van der Waals surface area contributed by atoms with E-state index in [4.69, 9.17) is 8.83 Å². The quantitative estimate of drug-likeness (QED) is 0.262. The fraction of sp³-hybridized carbons (Fsp3) is 0. The SMILES string of the molecule is c1ccc2c(c1)oc1c2ccc2oc3ccc4c5ccncc5c5nccn5c4c3c21. The predicted octanol–water partition coefficient (Wildman–Crippen LogP) is 6.83. The summed E-state index contributed by atoms with van der Waals surface area (Å²) in [6, 6.07) is 18.5. The highest BCUT2D eigenvalue weighted by Gasteiger charge is 2.20. The molecule has 0 spiro atoms. The number of furan rings is 2. The zero-order valence-electron chi connectivity index (χ0n) is 16.2. The van der Waals surface area contributed by atoms with E-state index >= 15 is 0 Å². The largest absolute Gasteiger partial charge is 0.456 e. The fourth-order valence-electron chi connectivity index (χ4n) is 5.07. The zero-order valence-corrected chi connectivity index (χ0v) is 16.2. The number of imidazole rings is 1. The van der Waals surface area contributed by atoms with Crippen molar-refractivity contribution >= 4 is 71.2 Å². The Morgan fingerprint density at radius 3 is 2.48 bits per heavy atom. The summed E-state index contributed by atoms with van der Waals surface area (Å²) >= 11 is 0. The summed E-state index contributed by atoms with van der Waals surface area (Å²) in [5.41, 5.74) is 5.33. The van der Waals surface area contributed by atoms with Crippen molar-refractivity contribution in [2.45, 2.75) is 0 Å². The fourth-order valence-corrected chi connectivity index (χ4v) is 5.07. The maximum atomic E-state index is 6.37. The predicted molar refractivity (Wildman–Crippen MR) is 123 cm³/mol. The van der Waals surface area contributed by atoms with E-state index in [2.05, 4.69) is 44.7 Å². The van der Waals surface area contributed by atoms with E-state index in [1.165, 1.54) is 0 Å². The Hall–Kier alpha value is -4.38. The highest BCUT2D eigenvalue weighted by Crippen LogP contribution is 2.43. The van der Waals surface area contributed by atoms with Gasteiger partial charge in [0.15, 0.2) is 0 Å². The van der Waals surface area contributed by atoms with Crippen LogP contribution in [-0.2, 0) is 0 Å². The molecular formula is C26H13N3O2. The molecule has 0 aliphatic carbocycles. The number of rotatable bonds is 0. The first kappa shape index (κ1) is 15.5. The molecule has 5 heterocycles. The molecule has 0 fully saturated rings. The summed E-state index contributed by atoms with van der Waals surface area (Å²) in [5, 5.41) is 7.52. The Morgan fingerprint density at radius 1 is 0.645 bits per heavy atom. The lowest BCUT2D eigenvalue weighted by Gasteiger charge is -2.09. The third-order valence-corrected chi connectivity index (χ3v) is 6.35. The Bertz CT molecular complexity index is 2010. The Kier molecular flexibility index (Phi) is 2.60. The number of hydrogen-bond donors (Lipinski definition) is 0. The summed E-state index contributed by atoms with van der Waals surface area (Å²) in [6.07, 6.45) is 7.54. The molecule has 5 nitrogen and oxygen atoms in total. The molecule has 8 rings (SSSR count). The number of benzene rings is 3. The average molecular weight is 399 g/mol. The summed E-state index contributed by atoms with van der Waals surface area (Å²) in [4.78, 5) is 8.96. The molecule has 0 unspecified atom stereocenters. The molecule has 0 bridgehead atoms. The van der Waals surface area contributed by atoms with Gasteiger partial charge in [-0.15, -0.1) is 0 Å². The van der Waals surface area contributed by atoms with Crippen molar-refractivity contribution < 1.29 is 8.83 Å². The van der Waals surface area contributed by atoms with Crippen LogP contribution >= 0.6 is 0 Å². The smallest absolute Gasteiger partial charge is 0.147 e. The van der Waals surface area contributed by atoms with Gasteiger partial charge in [-0.1, -0.05) is 18.2 Å². The van der Waals surface area contributed by atoms with E-state index in [9.17, 15) is 0 Å². The Balaban J connectivity index is 1.74. The summed E-state index contributed by atoms with van der Waals surface area (Å²) in [5.74, 6) is 0. The van der Waals surface area contributed by atoms with Crippen molar-refractivity contribution in [3.8, 4) is 0 Å². The average Bonchev–Trinajstić information content (AvgIpc) is 3.53. The highest BCUT2D eigenvalue weighted by atomic mass is 16.3. The Morgan fingerprint density at radius 2 is 1.52 bits per heavy atom. The van der Waals surface area contributed by atoms with Gasteiger partial charge in [0.1, 0.15) is 28.0 Å². The third kappa shape index (κ3) is 1.78. The van der Waals surface area contributed by atoms with Crippen molar-refractivity contribution in [2.75, 3.05) is 0 Å². The molecule has 0 saturated carbocycles. The van der Waals surface area contributed by atoms with E-state index in [1.807, 2.05) is 49.1 Å². The van der Waals surface area contributed by atoms with E-state index in [-0.39, 0.29) is 0 Å². The minimum absolute atomic E-state index is 0.817. The molecule has 0 aliphatic rings. The first-order chi connectivity index (χ1) is 15.4. The van der Waals surface area contributed by atoms with Crippen molar-refractivity contribution in [2.24, 2.45) is 0 Å². The normalized spacial score (nSPS) is 12.5. The van der Waals surface area contributed by atoms with Gasteiger partial charge in [0.05, 0.1) is 16.3 Å². The molecule has 0 atom stereocenters. The van der Waals surface area contributed by atoms with Crippen LogP contribution in [-0.4, -0.2) is 14.4 Å². The van der Waals surface area contributed by atoms with Crippen molar-refractivity contribution in [3.05, 3.63) is 79.4 Å². The molecule has 0 radical (unpaired) electrons. The van der Waals surface area contributed by atoms with Crippen LogP contribution < -0.4 is 0 Å². The standard InChI is InChI=1S/C26H13N3O2/c1-2-4-19-15(3-1)17-6-8-21-23(25(17)31-19)22-20(30-21)7-5-16-14-9-10-27-13-18(14)26-28-11-12-29(26)24(16)22/h1-13H. The van der Waals surface area contributed by atoms with Crippen LogP contribution in [0.25, 0.3) is 71.2 Å². The number of hydrogen-bond acceptors (Lipinski definition) is 4. The molecule has 0 amide bonds. The topological polar surface area (TPSA) is 56.5 Å². The van der Waals surface area contributed by atoms with Gasteiger partial charge in [0.25, 0.3) is 0 Å². The molecule has 0 aliphatic heterocycles. The lowest BCUT2D eigenvalue weighted by Crippen LogP contribution is -1.91. The Labute approximate surface area is 174 Å². The second-order valence-electron chi connectivity index (χ2n) is 7.89. The van der Waals surface area contributed by atoms with Gasteiger partial charge < -0.3 is 8.83 Å². The molecule has 144 valence electrons. The molecule has 3 aromatic carbocycles. The maximum absolute atomic E-state index is 6.37. The summed E-state index contributed by atoms with van der Waals surface area (Å²) < 4.78 is 14.8. The van der Waals surface area contributed by atoms with E-state index in [0.29, 0.717) is 0 Å². The van der Waals surface area contributed by atoms with Crippen LogP contribution in [0.15, 0.2) is 88.2 Å². The van der Waals surface area contributed by atoms with Crippen LogP contribution in [0.1, 0.15) is 0 Å². The minimum atomic E-state index is 0.817. The minimum Gasteiger partial charge on any atom is -0.456 e. The summed E-state index contributed by atoms with van der Waals surface area (Å²) in [7, 11) is 0. The van der Waals surface area contributed by atoms with Gasteiger partial charge in [-0.3, -0.25) is 9.38 Å². The third-order valence-electron chi connectivity index (χ3n) is 6.35. The monoisotopic (exact) mass is 399 g/mol. The van der Waals surface area contributed by atoms with Gasteiger partial charge in [-0.2, -0.15) is 0 Å². The van der Waals surface area contributed by atoms with Gasteiger partial charge in [0, 0.05) is 46.3 Å². The first-order valence-electron chi connectivity index (χ1n) is 10.2. The van der Waals surface area contributed by atoms with Crippen LogP contribution in [0.2, 0.25) is 0 Å². The number of aromatic nitrogens is 3. The molecule has 0 saturated heterocycles. The highest BCUT2D eigenvalue weighted by molar-refractivity contribution is 6.29. The van der Waals surface area contributed by atoms with Crippen LogP contribution in [0.5, 0.6) is 0 Å². The van der Waals surface area contributed by atoms with Crippen molar-refractivity contribution in [1.29, 1.82) is 0 Å². The number of para-hydroxylation sites is 1. The number of nitrogens with zero attached hydrogens (tertiary/aromatic N) is 3. The van der Waals surface area contributed by atoms with E-state index in [0.717, 1.165) is 71.2 Å². The lowest BCUT2D eigenvalue weighted by molar-refractivity contribution is 0.663. The van der Waals surface area contributed by atoms with Crippen LogP contribution in [0, 0.1) is 0 Å². The molecule has 8 aromatic rings. The number of pyridine rings is 2. The second kappa shape index (κ2) is 5.21. The van der Waals surface area contributed by atoms with Crippen molar-refractivity contribution in [3.63, 3.8) is 0 Å². The van der Waals surface area contributed by atoms with Gasteiger partial charge in [-0.25, -0.2) is 4.98 Å².